The summed E-state index contributed by atoms with van der Waals surface area (Å²) in [4.78, 5) is 0. The van der Waals surface area contributed by atoms with Gasteiger partial charge in [0.05, 0.1) is 0 Å². The van der Waals surface area contributed by atoms with E-state index in [0.29, 0.717) is 0 Å². The quantitative estimate of drug-likeness (QED) is 0.691. The van der Waals surface area contributed by atoms with Gasteiger partial charge in [-0.25, -0.2) is 0 Å². The molecular weight excluding hydrogens is 158 g/mol. The molecule has 1 N–H and O–H groups in total. The maximum atomic E-state index is 3.41. The molecule has 0 bridgehead atoms. The molecule has 1 fully saturated rings. The molecule has 1 aromatic carbocycles. The summed E-state index contributed by atoms with van der Waals surface area (Å²) in [6.07, 6.45) is 1.30. The van der Waals surface area contributed by atoms with Gasteiger partial charge < -0.3 is 5.32 Å². The standard InChI is InChI=1S/C12H17N/c1-9-3-4-12(10(2)7-9)11-5-6-13-8-11/h3-4,7,11,13H,5-6,8H2,1-2H3/t11-/m0/s1. The molecule has 0 aromatic heterocycles. The summed E-state index contributed by atoms with van der Waals surface area (Å²) < 4.78 is 0. The van der Waals surface area contributed by atoms with E-state index in [1.165, 1.54) is 29.7 Å². The smallest absolute Gasteiger partial charge is 0.00207 e. The SMILES string of the molecule is Cc1ccc([C@H]2CCNC2)c(C)c1. The second-order valence-electron chi connectivity index (χ2n) is 4.05. The van der Waals surface area contributed by atoms with Gasteiger partial charge in [-0.1, -0.05) is 23.8 Å². The zero-order valence-electron chi connectivity index (χ0n) is 8.43. The zero-order chi connectivity index (χ0) is 9.26. The van der Waals surface area contributed by atoms with E-state index in [9.17, 15) is 0 Å². The number of hydrogen-bond acceptors (Lipinski definition) is 1. The number of nitrogens with one attached hydrogen (secondary N) is 1. The lowest BCUT2D eigenvalue weighted by Gasteiger charge is -2.12. The van der Waals surface area contributed by atoms with Crippen molar-refractivity contribution >= 4 is 0 Å². The topological polar surface area (TPSA) is 12.0 Å². The van der Waals surface area contributed by atoms with Gasteiger partial charge in [0.25, 0.3) is 0 Å². The molecule has 1 aromatic rings. The minimum atomic E-state index is 0.751. The van der Waals surface area contributed by atoms with Crippen LogP contribution in [0.3, 0.4) is 0 Å². The van der Waals surface area contributed by atoms with Crippen molar-refractivity contribution in [2.75, 3.05) is 13.1 Å². The third kappa shape index (κ3) is 1.75. The van der Waals surface area contributed by atoms with Crippen LogP contribution in [0.5, 0.6) is 0 Å². The second-order valence-corrected chi connectivity index (χ2v) is 4.05. The normalized spacial score (nSPS) is 22.2. The van der Waals surface area contributed by atoms with Crippen molar-refractivity contribution in [1.29, 1.82) is 0 Å². The minimum absolute atomic E-state index is 0.751. The Morgan fingerprint density at radius 3 is 2.77 bits per heavy atom. The van der Waals surface area contributed by atoms with Crippen molar-refractivity contribution in [1.82, 2.24) is 5.32 Å². The lowest BCUT2D eigenvalue weighted by Crippen LogP contribution is -2.08. The third-order valence-electron chi connectivity index (χ3n) is 2.93. The van der Waals surface area contributed by atoms with E-state index in [-0.39, 0.29) is 0 Å². The maximum absolute atomic E-state index is 3.41. The third-order valence-corrected chi connectivity index (χ3v) is 2.93. The first-order chi connectivity index (χ1) is 6.27. The highest BCUT2D eigenvalue weighted by molar-refractivity contribution is 5.33. The first kappa shape index (κ1) is 8.76. The Morgan fingerprint density at radius 1 is 1.31 bits per heavy atom. The average molecular weight is 175 g/mol. The van der Waals surface area contributed by atoms with Crippen LogP contribution in [0.4, 0.5) is 0 Å². The van der Waals surface area contributed by atoms with Gasteiger partial charge in [0.2, 0.25) is 0 Å². The van der Waals surface area contributed by atoms with Crippen molar-refractivity contribution in [3.8, 4) is 0 Å². The van der Waals surface area contributed by atoms with Crippen molar-refractivity contribution in [2.24, 2.45) is 0 Å². The van der Waals surface area contributed by atoms with Gasteiger partial charge in [-0.05, 0) is 43.9 Å². The molecule has 1 saturated heterocycles. The first-order valence-corrected chi connectivity index (χ1v) is 5.05. The highest BCUT2D eigenvalue weighted by atomic mass is 14.9. The van der Waals surface area contributed by atoms with Crippen LogP contribution in [0.15, 0.2) is 18.2 Å². The van der Waals surface area contributed by atoms with E-state index in [4.69, 9.17) is 0 Å². The summed E-state index contributed by atoms with van der Waals surface area (Å²) >= 11 is 0. The van der Waals surface area contributed by atoms with Crippen LogP contribution in [0.1, 0.15) is 29.0 Å². The number of rotatable bonds is 1. The maximum Gasteiger partial charge on any atom is 0.00207 e. The Hall–Kier alpha value is -0.820. The average Bonchev–Trinajstić information content (AvgIpc) is 2.56. The summed E-state index contributed by atoms with van der Waals surface area (Å²) in [6, 6.07) is 6.80. The van der Waals surface area contributed by atoms with Crippen LogP contribution in [-0.2, 0) is 0 Å². The summed E-state index contributed by atoms with van der Waals surface area (Å²) in [7, 11) is 0. The molecule has 1 heterocycles. The Balaban J connectivity index is 2.29. The lowest BCUT2D eigenvalue weighted by molar-refractivity contribution is 0.757. The highest BCUT2D eigenvalue weighted by Crippen LogP contribution is 2.25. The lowest BCUT2D eigenvalue weighted by atomic mass is 9.93. The number of hydrogen-bond donors (Lipinski definition) is 1. The molecule has 13 heavy (non-hydrogen) atoms. The molecule has 0 radical (unpaired) electrons. The van der Waals surface area contributed by atoms with E-state index in [1.54, 1.807) is 0 Å². The Bertz CT molecular complexity index is 298. The molecule has 0 spiro atoms. The fraction of sp³-hybridized carbons (Fsp3) is 0.500. The monoisotopic (exact) mass is 175 g/mol. The molecule has 2 rings (SSSR count). The molecule has 1 aliphatic heterocycles. The van der Waals surface area contributed by atoms with Gasteiger partial charge in [0, 0.05) is 6.54 Å². The second kappa shape index (κ2) is 3.51. The van der Waals surface area contributed by atoms with E-state index < -0.39 is 0 Å². The van der Waals surface area contributed by atoms with Gasteiger partial charge in [0.15, 0.2) is 0 Å². The molecule has 1 nitrogen and oxygen atoms in total. The van der Waals surface area contributed by atoms with Crippen molar-refractivity contribution in [3.05, 3.63) is 34.9 Å². The van der Waals surface area contributed by atoms with Crippen molar-refractivity contribution < 1.29 is 0 Å². The van der Waals surface area contributed by atoms with Gasteiger partial charge in [0.1, 0.15) is 0 Å². The summed E-state index contributed by atoms with van der Waals surface area (Å²) in [6.45, 7) is 6.71. The van der Waals surface area contributed by atoms with Crippen LogP contribution >= 0.6 is 0 Å². The molecule has 0 unspecified atom stereocenters. The van der Waals surface area contributed by atoms with E-state index in [1.807, 2.05) is 0 Å². The molecular formula is C12H17N. The summed E-state index contributed by atoms with van der Waals surface area (Å²) in [5, 5.41) is 3.41. The van der Waals surface area contributed by atoms with Crippen LogP contribution in [0, 0.1) is 13.8 Å². The van der Waals surface area contributed by atoms with Crippen LogP contribution in [-0.4, -0.2) is 13.1 Å². The van der Waals surface area contributed by atoms with Gasteiger partial charge in [-0.3, -0.25) is 0 Å². The van der Waals surface area contributed by atoms with Crippen LogP contribution in [0.2, 0.25) is 0 Å². The first-order valence-electron chi connectivity index (χ1n) is 5.05. The predicted molar refractivity (Wildman–Crippen MR) is 56.1 cm³/mol. The zero-order valence-corrected chi connectivity index (χ0v) is 8.43. The van der Waals surface area contributed by atoms with Crippen LogP contribution < -0.4 is 5.32 Å². The fourth-order valence-corrected chi connectivity index (χ4v) is 2.20. The van der Waals surface area contributed by atoms with Gasteiger partial charge >= 0.3 is 0 Å². The number of benzene rings is 1. The van der Waals surface area contributed by atoms with E-state index in [2.05, 4.69) is 37.4 Å². The molecule has 70 valence electrons. The van der Waals surface area contributed by atoms with Crippen LogP contribution in [0.25, 0.3) is 0 Å². The van der Waals surface area contributed by atoms with Gasteiger partial charge in [-0.2, -0.15) is 0 Å². The summed E-state index contributed by atoms with van der Waals surface area (Å²) in [5.74, 6) is 0.751. The minimum Gasteiger partial charge on any atom is -0.316 e. The molecule has 0 amide bonds. The van der Waals surface area contributed by atoms with E-state index >= 15 is 0 Å². The fourth-order valence-electron chi connectivity index (χ4n) is 2.20. The molecule has 1 atom stereocenters. The Labute approximate surface area is 80.2 Å². The molecule has 1 heteroatoms. The van der Waals surface area contributed by atoms with E-state index in [0.717, 1.165) is 12.5 Å². The van der Waals surface area contributed by atoms with Crippen molar-refractivity contribution in [3.63, 3.8) is 0 Å². The van der Waals surface area contributed by atoms with Gasteiger partial charge in [-0.15, -0.1) is 0 Å². The Morgan fingerprint density at radius 2 is 2.15 bits per heavy atom. The molecule has 1 aliphatic rings. The number of aryl methyl sites for hydroxylation is 2. The van der Waals surface area contributed by atoms with Crippen molar-refractivity contribution in [2.45, 2.75) is 26.2 Å². The molecule has 0 saturated carbocycles. The summed E-state index contributed by atoms with van der Waals surface area (Å²) in [5.41, 5.74) is 4.36. The predicted octanol–water partition coefficient (Wildman–Crippen LogP) is 2.38. The molecule has 0 aliphatic carbocycles. The Kier molecular flexibility index (Phi) is 2.36. The highest BCUT2D eigenvalue weighted by Gasteiger charge is 2.17. The largest absolute Gasteiger partial charge is 0.316 e.